The van der Waals surface area contributed by atoms with Crippen LogP contribution in [0.15, 0.2) is 53.6 Å². The lowest BCUT2D eigenvalue weighted by molar-refractivity contribution is -0.142. The molecule has 0 bridgehead atoms. The molecule has 1 aliphatic heterocycles. The van der Waals surface area contributed by atoms with Crippen molar-refractivity contribution in [1.82, 2.24) is 9.91 Å². The largest absolute Gasteiger partial charge is 0.497 e. The summed E-state index contributed by atoms with van der Waals surface area (Å²) in [5, 5.41) is 6.76. The number of halogens is 1. The van der Waals surface area contributed by atoms with Gasteiger partial charge in [0.25, 0.3) is 5.91 Å². The average molecular weight is 470 g/mol. The molecule has 1 saturated carbocycles. The Balaban J connectivity index is 1.62. The number of nitrogens with zero attached hydrogens (tertiary/aromatic N) is 3. The maximum absolute atomic E-state index is 13.5. The van der Waals surface area contributed by atoms with Gasteiger partial charge in [-0.1, -0.05) is 41.9 Å². The fraction of sp³-hybridized carbons (Fsp3) is 0.400. The molecule has 2 aromatic rings. The Hall–Kier alpha value is -2.90. The van der Waals surface area contributed by atoms with Gasteiger partial charge in [-0.2, -0.15) is 5.10 Å². The molecular formula is C25H28ClN3O4. The van der Waals surface area contributed by atoms with Gasteiger partial charge in [0.2, 0.25) is 5.91 Å². The summed E-state index contributed by atoms with van der Waals surface area (Å²) in [5.74, 6) is 0.493. The van der Waals surface area contributed by atoms with Crippen molar-refractivity contribution in [3.63, 3.8) is 0 Å². The van der Waals surface area contributed by atoms with Crippen LogP contribution in [-0.4, -0.2) is 61.4 Å². The first-order valence-electron chi connectivity index (χ1n) is 11.1. The van der Waals surface area contributed by atoms with Gasteiger partial charge in [0, 0.05) is 36.6 Å². The van der Waals surface area contributed by atoms with E-state index in [1.54, 1.807) is 19.1 Å². The third-order valence-corrected chi connectivity index (χ3v) is 6.31. The van der Waals surface area contributed by atoms with Crippen LogP contribution in [0.5, 0.6) is 5.75 Å². The van der Waals surface area contributed by atoms with E-state index in [-0.39, 0.29) is 30.3 Å². The predicted octanol–water partition coefficient (Wildman–Crippen LogP) is 3.91. The van der Waals surface area contributed by atoms with Crippen LogP contribution in [-0.2, 0) is 14.3 Å². The maximum Gasteiger partial charge on any atom is 0.262 e. The summed E-state index contributed by atoms with van der Waals surface area (Å²) >= 11 is 6.50. The molecule has 33 heavy (non-hydrogen) atoms. The Labute approximate surface area is 198 Å². The van der Waals surface area contributed by atoms with Crippen molar-refractivity contribution in [1.29, 1.82) is 0 Å². The highest BCUT2D eigenvalue weighted by Gasteiger charge is 2.38. The van der Waals surface area contributed by atoms with Crippen LogP contribution in [0.3, 0.4) is 0 Å². The topological polar surface area (TPSA) is 71.4 Å². The van der Waals surface area contributed by atoms with Crippen molar-refractivity contribution in [2.24, 2.45) is 11.0 Å². The van der Waals surface area contributed by atoms with Crippen LogP contribution < -0.4 is 4.74 Å². The molecule has 0 aromatic heterocycles. The van der Waals surface area contributed by atoms with Crippen LogP contribution >= 0.6 is 11.6 Å². The molecule has 1 aliphatic carbocycles. The molecule has 1 heterocycles. The van der Waals surface area contributed by atoms with Gasteiger partial charge in [0.05, 0.1) is 25.5 Å². The number of benzene rings is 2. The van der Waals surface area contributed by atoms with Gasteiger partial charge < -0.3 is 14.4 Å². The van der Waals surface area contributed by atoms with Crippen molar-refractivity contribution >= 4 is 29.1 Å². The molecule has 0 radical (unpaired) electrons. The van der Waals surface area contributed by atoms with Gasteiger partial charge in [-0.3, -0.25) is 9.59 Å². The molecule has 8 heteroatoms. The van der Waals surface area contributed by atoms with Crippen LogP contribution in [0.1, 0.15) is 36.4 Å². The standard InChI is InChI=1S/C25H28ClN3O4/c1-32-13-12-28(25(31)17-10-11-17)16-24(30)29-23(20-8-3-4-9-21(20)26)15-22(27-29)18-6-5-7-19(14-18)33-2/h3-9,14,17,23H,10-13,15-16H2,1-2H3/t23-/m0/s1. The lowest BCUT2D eigenvalue weighted by Crippen LogP contribution is -2.43. The quantitative estimate of drug-likeness (QED) is 0.558. The van der Waals surface area contributed by atoms with E-state index in [4.69, 9.17) is 26.2 Å². The average Bonchev–Trinajstić information content (AvgIpc) is 3.59. The van der Waals surface area contributed by atoms with Crippen LogP contribution in [0, 0.1) is 5.92 Å². The van der Waals surface area contributed by atoms with E-state index >= 15 is 0 Å². The van der Waals surface area contributed by atoms with E-state index in [1.807, 2.05) is 48.5 Å². The maximum atomic E-state index is 13.5. The summed E-state index contributed by atoms with van der Waals surface area (Å²) < 4.78 is 10.5. The number of hydrogen-bond donors (Lipinski definition) is 0. The first-order chi connectivity index (χ1) is 16.0. The normalized spacial score (nSPS) is 17.6. The fourth-order valence-electron chi connectivity index (χ4n) is 4.00. The second-order valence-electron chi connectivity index (χ2n) is 8.29. The van der Waals surface area contributed by atoms with E-state index in [0.29, 0.717) is 24.6 Å². The molecule has 0 saturated heterocycles. The summed E-state index contributed by atoms with van der Waals surface area (Å²) in [5.41, 5.74) is 2.47. The number of methoxy groups -OCH3 is 2. The molecule has 2 aliphatic rings. The molecule has 174 valence electrons. The first-order valence-corrected chi connectivity index (χ1v) is 11.5. The monoisotopic (exact) mass is 469 g/mol. The van der Waals surface area contributed by atoms with Crippen LogP contribution in [0.2, 0.25) is 5.02 Å². The number of carbonyl (C=O) groups is 2. The number of carbonyl (C=O) groups excluding carboxylic acids is 2. The zero-order valence-electron chi connectivity index (χ0n) is 18.9. The van der Waals surface area contributed by atoms with Crippen molar-refractivity contribution in [3.05, 3.63) is 64.7 Å². The van der Waals surface area contributed by atoms with Crippen LogP contribution in [0.25, 0.3) is 0 Å². The lowest BCUT2D eigenvalue weighted by Gasteiger charge is -2.27. The summed E-state index contributed by atoms with van der Waals surface area (Å²) in [6, 6.07) is 14.7. The van der Waals surface area contributed by atoms with Crippen molar-refractivity contribution in [3.8, 4) is 5.75 Å². The fourth-order valence-corrected chi connectivity index (χ4v) is 4.26. The number of rotatable bonds is 9. The van der Waals surface area contributed by atoms with Crippen molar-refractivity contribution in [2.75, 3.05) is 33.9 Å². The van der Waals surface area contributed by atoms with E-state index < -0.39 is 0 Å². The van der Waals surface area contributed by atoms with Crippen LogP contribution in [0.4, 0.5) is 0 Å². The minimum Gasteiger partial charge on any atom is -0.497 e. The van der Waals surface area contributed by atoms with Gasteiger partial charge in [0.15, 0.2) is 0 Å². The second-order valence-corrected chi connectivity index (χ2v) is 8.69. The highest BCUT2D eigenvalue weighted by atomic mass is 35.5. The van der Waals surface area contributed by atoms with E-state index in [9.17, 15) is 9.59 Å². The molecule has 0 spiro atoms. The van der Waals surface area contributed by atoms with Gasteiger partial charge in [-0.25, -0.2) is 5.01 Å². The molecule has 4 rings (SSSR count). The summed E-state index contributed by atoms with van der Waals surface area (Å²) in [6.07, 6.45) is 2.26. The van der Waals surface area contributed by atoms with Gasteiger partial charge in [-0.15, -0.1) is 0 Å². The predicted molar refractivity (Wildman–Crippen MR) is 126 cm³/mol. The molecule has 1 atom stereocenters. The molecular weight excluding hydrogens is 442 g/mol. The Morgan fingerprint density at radius 3 is 2.64 bits per heavy atom. The summed E-state index contributed by atoms with van der Waals surface area (Å²) in [7, 11) is 3.20. The third kappa shape index (κ3) is 5.37. The minimum absolute atomic E-state index is 0.00545. The molecule has 0 unspecified atom stereocenters. The Kier molecular flexibility index (Phi) is 7.30. The van der Waals surface area contributed by atoms with Crippen molar-refractivity contribution in [2.45, 2.75) is 25.3 Å². The first kappa shape index (κ1) is 23.3. The highest BCUT2D eigenvalue weighted by molar-refractivity contribution is 6.31. The molecule has 1 fully saturated rings. The Morgan fingerprint density at radius 1 is 1.15 bits per heavy atom. The Bertz CT molecular complexity index is 1050. The lowest BCUT2D eigenvalue weighted by atomic mass is 9.98. The number of hydrazone groups is 1. The molecule has 7 nitrogen and oxygen atoms in total. The zero-order chi connectivity index (χ0) is 23.4. The van der Waals surface area contributed by atoms with Gasteiger partial charge >= 0.3 is 0 Å². The van der Waals surface area contributed by atoms with Gasteiger partial charge in [-0.05, 0) is 36.6 Å². The summed E-state index contributed by atoms with van der Waals surface area (Å²) in [4.78, 5) is 27.8. The molecule has 0 N–H and O–H groups in total. The highest BCUT2D eigenvalue weighted by Crippen LogP contribution is 2.37. The summed E-state index contributed by atoms with van der Waals surface area (Å²) in [6.45, 7) is 0.696. The third-order valence-electron chi connectivity index (χ3n) is 5.96. The van der Waals surface area contributed by atoms with E-state index in [1.165, 1.54) is 5.01 Å². The van der Waals surface area contributed by atoms with E-state index in [0.717, 1.165) is 35.4 Å². The smallest absolute Gasteiger partial charge is 0.262 e. The Morgan fingerprint density at radius 2 is 1.94 bits per heavy atom. The SMILES string of the molecule is COCCN(CC(=O)N1N=C(c2cccc(OC)c2)C[C@H]1c1ccccc1Cl)C(=O)C1CC1. The van der Waals surface area contributed by atoms with E-state index in [2.05, 4.69) is 0 Å². The zero-order valence-corrected chi connectivity index (χ0v) is 19.6. The molecule has 2 amide bonds. The minimum atomic E-state index is -0.354. The number of hydrogen-bond acceptors (Lipinski definition) is 5. The second kappa shape index (κ2) is 10.4. The molecule has 2 aromatic carbocycles. The number of amides is 2. The van der Waals surface area contributed by atoms with Crippen molar-refractivity contribution < 1.29 is 19.1 Å². The van der Waals surface area contributed by atoms with Gasteiger partial charge in [0.1, 0.15) is 12.3 Å². The number of ether oxygens (including phenoxy) is 2.